The number of hydrogen-bond donors (Lipinski definition) is 0. The molecule has 3 aromatic rings. The Balaban J connectivity index is 1.78. The van der Waals surface area contributed by atoms with Gasteiger partial charge in [0.2, 0.25) is 0 Å². The number of hydrogen-bond acceptors (Lipinski definition) is 5. The van der Waals surface area contributed by atoms with Crippen LogP contribution < -0.4 is 14.2 Å². The van der Waals surface area contributed by atoms with Crippen molar-refractivity contribution >= 4 is 17.6 Å². The number of nitriles is 1. The fraction of sp³-hybridized carbons (Fsp3) is 0.120. The van der Waals surface area contributed by atoms with Crippen molar-refractivity contribution in [2.75, 3.05) is 14.2 Å². The van der Waals surface area contributed by atoms with Crippen LogP contribution in [-0.2, 0) is 11.2 Å². The van der Waals surface area contributed by atoms with Crippen molar-refractivity contribution in [2.24, 2.45) is 0 Å². The Kier molecular flexibility index (Phi) is 7.02. The summed E-state index contributed by atoms with van der Waals surface area (Å²) in [7, 11) is 3.07. The highest BCUT2D eigenvalue weighted by atomic mass is 19.1. The number of nitrogens with zero attached hydrogens (tertiary/aromatic N) is 1. The minimum absolute atomic E-state index is 0.0232. The highest BCUT2D eigenvalue weighted by Gasteiger charge is 2.10. The monoisotopic (exact) mass is 417 g/mol. The van der Waals surface area contributed by atoms with Crippen LogP contribution in [0.1, 0.15) is 16.7 Å². The number of rotatable bonds is 7. The highest BCUT2D eigenvalue weighted by molar-refractivity contribution is 5.90. The molecule has 0 saturated heterocycles. The van der Waals surface area contributed by atoms with Gasteiger partial charge in [-0.1, -0.05) is 24.3 Å². The smallest absolute Gasteiger partial charge is 0.315 e. The first-order valence-corrected chi connectivity index (χ1v) is 9.41. The number of halogens is 1. The largest absolute Gasteiger partial charge is 0.493 e. The highest BCUT2D eigenvalue weighted by Crippen LogP contribution is 2.31. The number of allylic oxidation sites excluding steroid dienone is 1. The second-order valence-electron chi connectivity index (χ2n) is 6.59. The van der Waals surface area contributed by atoms with Gasteiger partial charge in [0.25, 0.3) is 0 Å². The van der Waals surface area contributed by atoms with Crippen molar-refractivity contribution < 1.29 is 23.4 Å². The molecule has 0 radical (unpaired) electrons. The zero-order chi connectivity index (χ0) is 22.2. The summed E-state index contributed by atoms with van der Waals surface area (Å²) >= 11 is 0. The van der Waals surface area contributed by atoms with Gasteiger partial charge >= 0.3 is 5.97 Å². The summed E-state index contributed by atoms with van der Waals surface area (Å²) in [6, 6.07) is 19.9. The summed E-state index contributed by atoms with van der Waals surface area (Å²) in [4.78, 5) is 12.2. The van der Waals surface area contributed by atoms with Crippen molar-refractivity contribution in [3.05, 3.63) is 89.2 Å². The van der Waals surface area contributed by atoms with Crippen LogP contribution in [0.15, 0.2) is 66.7 Å². The third-order valence-electron chi connectivity index (χ3n) is 4.48. The second-order valence-corrected chi connectivity index (χ2v) is 6.59. The molecule has 31 heavy (non-hydrogen) atoms. The van der Waals surface area contributed by atoms with E-state index in [0.29, 0.717) is 39.5 Å². The van der Waals surface area contributed by atoms with Gasteiger partial charge in [-0.25, -0.2) is 4.39 Å². The molecular formula is C25H20FNO4. The second kappa shape index (κ2) is 10.1. The van der Waals surface area contributed by atoms with E-state index in [1.807, 2.05) is 0 Å². The molecule has 0 heterocycles. The Bertz CT molecular complexity index is 1150. The van der Waals surface area contributed by atoms with Gasteiger partial charge in [-0.15, -0.1) is 0 Å². The maximum Gasteiger partial charge on any atom is 0.315 e. The normalized spacial score (nSPS) is 10.8. The molecule has 3 aromatic carbocycles. The van der Waals surface area contributed by atoms with Gasteiger partial charge in [0.05, 0.1) is 32.3 Å². The maximum atomic E-state index is 13.0. The fourth-order valence-electron chi connectivity index (χ4n) is 2.95. The van der Waals surface area contributed by atoms with Crippen molar-refractivity contribution in [2.45, 2.75) is 6.42 Å². The van der Waals surface area contributed by atoms with E-state index in [0.717, 1.165) is 0 Å². The third-order valence-corrected chi connectivity index (χ3v) is 4.48. The molecule has 0 fully saturated rings. The van der Waals surface area contributed by atoms with E-state index < -0.39 is 5.97 Å². The zero-order valence-corrected chi connectivity index (χ0v) is 17.1. The molecule has 0 aliphatic heterocycles. The lowest BCUT2D eigenvalue weighted by Gasteiger charge is -2.09. The van der Waals surface area contributed by atoms with Crippen LogP contribution in [-0.4, -0.2) is 20.2 Å². The SMILES string of the molecule is COc1ccc(/C(C#N)=C\c2cccc(OC(=O)Cc3ccc(F)cc3)c2)cc1OC. The van der Waals surface area contributed by atoms with Crippen molar-refractivity contribution in [1.29, 1.82) is 5.26 Å². The minimum Gasteiger partial charge on any atom is -0.493 e. The van der Waals surface area contributed by atoms with Crippen LogP contribution in [0.2, 0.25) is 0 Å². The molecule has 0 N–H and O–H groups in total. The van der Waals surface area contributed by atoms with E-state index in [-0.39, 0.29) is 12.2 Å². The van der Waals surface area contributed by atoms with Crippen LogP contribution in [0.3, 0.4) is 0 Å². The van der Waals surface area contributed by atoms with E-state index in [4.69, 9.17) is 14.2 Å². The van der Waals surface area contributed by atoms with Gasteiger partial charge < -0.3 is 14.2 Å². The summed E-state index contributed by atoms with van der Waals surface area (Å²) in [5.74, 6) is 0.612. The Hall–Kier alpha value is -4.11. The summed E-state index contributed by atoms with van der Waals surface area (Å²) in [6.07, 6.45) is 1.72. The number of esters is 1. The summed E-state index contributed by atoms with van der Waals surface area (Å²) < 4.78 is 28.9. The van der Waals surface area contributed by atoms with Crippen LogP contribution in [0.5, 0.6) is 17.2 Å². The first-order chi connectivity index (χ1) is 15.0. The first-order valence-electron chi connectivity index (χ1n) is 9.41. The molecule has 0 saturated carbocycles. The summed E-state index contributed by atoms with van der Waals surface area (Å²) in [5.41, 5.74) is 2.43. The summed E-state index contributed by atoms with van der Waals surface area (Å²) in [6.45, 7) is 0. The molecule has 0 spiro atoms. The molecule has 156 valence electrons. The lowest BCUT2D eigenvalue weighted by atomic mass is 10.0. The zero-order valence-electron chi connectivity index (χ0n) is 17.1. The van der Waals surface area contributed by atoms with Crippen LogP contribution in [0.25, 0.3) is 11.6 Å². The van der Waals surface area contributed by atoms with Crippen LogP contribution in [0, 0.1) is 17.1 Å². The van der Waals surface area contributed by atoms with Gasteiger partial charge in [0.15, 0.2) is 11.5 Å². The van der Waals surface area contributed by atoms with Gasteiger partial charge in [-0.05, 0) is 65.2 Å². The number of carbonyl (C=O) groups is 1. The number of methoxy groups -OCH3 is 2. The Morgan fingerprint density at radius 1 is 1.00 bits per heavy atom. The lowest BCUT2D eigenvalue weighted by molar-refractivity contribution is -0.133. The van der Waals surface area contributed by atoms with E-state index >= 15 is 0 Å². The molecule has 0 unspecified atom stereocenters. The average molecular weight is 417 g/mol. The lowest BCUT2D eigenvalue weighted by Crippen LogP contribution is -2.11. The van der Waals surface area contributed by atoms with Gasteiger partial charge in [0, 0.05) is 0 Å². The predicted molar refractivity (Wildman–Crippen MR) is 115 cm³/mol. The van der Waals surface area contributed by atoms with E-state index in [9.17, 15) is 14.4 Å². The molecule has 0 aliphatic rings. The van der Waals surface area contributed by atoms with Crippen molar-refractivity contribution in [3.8, 4) is 23.3 Å². The first kappa shape index (κ1) is 21.6. The maximum absolute atomic E-state index is 13.0. The number of benzene rings is 3. The van der Waals surface area contributed by atoms with Crippen molar-refractivity contribution in [3.63, 3.8) is 0 Å². The summed E-state index contributed by atoms with van der Waals surface area (Å²) in [5, 5.41) is 9.63. The Morgan fingerprint density at radius 3 is 2.42 bits per heavy atom. The topological polar surface area (TPSA) is 68.5 Å². The minimum atomic E-state index is -0.465. The van der Waals surface area contributed by atoms with Crippen LogP contribution >= 0.6 is 0 Å². The third kappa shape index (κ3) is 5.71. The molecular weight excluding hydrogens is 397 g/mol. The Morgan fingerprint density at radius 2 is 1.74 bits per heavy atom. The average Bonchev–Trinajstić information content (AvgIpc) is 2.78. The molecule has 3 rings (SSSR count). The molecule has 0 atom stereocenters. The fourth-order valence-corrected chi connectivity index (χ4v) is 2.95. The number of ether oxygens (including phenoxy) is 3. The standard InChI is InChI=1S/C25H20FNO4/c1-29-23-11-8-19(15-24(23)30-2)20(16-27)12-18-4-3-5-22(13-18)31-25(28)14-17-6-9-21(26)10-7-17/h3-13,15H,14H2,1-2H3/b20-12-. The molecule has 6 heteroatoms. The van der Waals surface area contributed by atoms with Crippen LogP contribution in [0.4, 0.5) is 4.39 Å². The molecule has 0 aliphatic carbocycles. The van der Waals surface area contributed by atoms with Gasteiger partial charge in [-0.2, -0.15) is 5.26 Å². The van der Waals surface area contributed by atoms with E-state index in [2.05, 4.69) is 6.07 Å². The van der Waals surface area contributed by atoms with Crippen molar-refractivity contribution in [1.82, 2.24) is 0 Å². The molecule has 0 bridgehead atoms. The molecule has 5 nitrogen and oxygen atoms in total. The molecule has 0 amide bonds. The van der Waals surface area contributed by atoms with Gasteiger partial charge in [-0.3, -0.25) is 4.79 Å². The van der Waals surface area contributed by atoms with E-state index in [1.165, 1.54) is 31.4 Å². The van der Waals surface area contributed by atoms with Gasteiger partial charge in [0.1, 0.15) is 11.6 Å². The molecule has 0 aromatic heterocycles. The quantitative estimate of drug-likeness (QED) is 0.233. The predicted octanol–water partition coefficient (Wildman–Crippen LogP) is 5.06. The Labute approximate surface area is 179 Å². The van der Waals surface area contributed by atoms with E-state index in [1.54, 1.807) is 55.7 Å². The number of carbonyl (C=O) groups excluding carboxylic acids is 1.